The fourth-order valence-electron chi connectivity index (χ4n) is 6.51. The summed E-state index contributed by atoms with van der Waals surface area (Å²) in [5, 5.41) is 2.96. The molecular formula is C27H35FN4O4. The molecule has 4 atom stereocenters. The van der Waals surface area contributed by atoms with E-state index in [1.807, 2.05) is 24.3 Å². The van der Waals surface area contributed by atoms with E-state index in [0.717, 1.165) is 63.6 Å². The Kier molecular flexibility index (Phi) is 6.46. The average molecular weight is 499 g/mol. The highest BCUT2D eigenvalue weighted by Gasteiger charge is 2.54. The maximum absolute atomic E-state index is 14.5. The van der Waals surface area contributed by atoms with Gasteiger partial charge in [-0.15, -0.1) is 0 Å². The molecule has 5 fully saturated rings. The predicted molar refractivity (Wildman–Crippen MR) is 132 cm³/mol. The van der Waals surface area contributed by atoms with Crippen molar-refractivity contribution in [2.75, 3.05) is 44.2 Å². The molecule has 194 valence electrons. The molecule has 2 saturated carbocycles. The van der Waals surface area contributed by atoms with Gasteiger partial charge in [0.15, 0.2) is 5.78 Å². The number of hydrogen-bond acceptors (Lipinski definition) is 6. The number of ether oxygens (including phenoxy) is 1. The van der Waals surface area contributed by atoms with Gasteiger partial charge in [-0.1, -0.05) is 12.8 Å². The van der Waals surface area contributed by atoms with Crippen molar-refractivity contribution in [3.63, 3.8) is 0 Å². The molecule has 6 rings (SSSR count). The van der Waals surface area contributed by atoms with Crippen LogP contribution in [0.25, 0.3) is 0 Å². The zero-order chi connectivity index (χ0) is 24.8. The fourth-order valence-corrected chi connectivity index (χ4v) is 6.51. The van der Waals surface area contributed by atoms with E-state index in [1.54, 1.807) is 0 Å². The van der Waals surface area contributed by atoms with E-state index in [0.29, 0.717) is 5.56 Å². The molecule has 2 amide bonds. The third kappa shape index (κ3) is 4.52. The molecule has 0 bridgehead atoms. The van der Waals surface area contributed by atoms with Crippen LogP contribution in [0.15, 0.2) is 24.3 Å². The van der Waals surface area contributed by atoms with Gasteiger partial charge in [-0.3, -0.25) is 19.3 Å². The number of Topliss-reactive ketones (excluding diaryl/α,β-unsaturated/α-hetero) is 1. The Bertz CT molecular complexity index is 1000. The summed E-state index contributed by atoms with van der Waals surface area (Å²) in [4.78, 5) is 45.4. The molecule has 3 heterocycles. The first-order valence-corrected chi connectivity index (χ1v) is 13.5. The van der Waals surface area contributed by atoms with E-state index in [4.69, 9.17) is 4.74 Å². The molecule has 1 N–H and O–H groups in total. The van der Waals surface area contributed by atoms with Crippen molar-refractivity contribution in [1.29, 1.82) is 0 Å². The van der Waals surface area contributed by atoms with Crippen LogP contribution in [0.1, 0.15) is 48.9 Å². The monoisotopic (exact) mass is 498 g/mol. The first-order chi connectivity index (χ1) is 17.5. The molecule has 0 unspecified atom stereocenters. The number of anilines is 1. The highest BCUT2D eigenvalue weighted by atomic mass is 19.1. The number of carbonyl (C=O) groups is 3. The Labute approximate surface area is 211 Å². The molecule has 3 aliphatic heterocycles. The fraction of sp³-hybridized carbons (Fsp3) is 0.667. The van der Waals surface area contributed by atoms with Crippen molar-refractivity contribution in [3.8, 4) is 0 Å². The van der Waals surface area contributed by atoms with Crippen LogP contribution in [0.4, 0.5) is 10.1 Å². The maximum Gasteiger partial charge on any atom is 0.251 e. The number of alkyl halides is 1. The Balaban J connectivity index is 1.13. The molecule has 0 aromatic heterocycles. The first kappa shape index (κ1) is 23.9. The summed E-state index contributed by atoms with van der Waals surface area (Å²) in [6.45, 7) is 3.78. The quantitative estimate of drug-likeness (QED) is 0.644. The van der Waals surface area contributed by atoms with Crippen molar-refractivity contribution in [1.82, 2.24) is 15.1 Å². The van der Waals surface area contributed by atoms with E-state index >= 15 is 0 Å². The molecule has 1 aromatic rings. The van der Waals surface area contributed by atoms with Crippen LogP contribution < -0.4 is 10.2 Å². The number of amides is 2. The van der Waals surface area contributed by atoms with Crippen LogP contribution in [0, 0.1) is 5.92 Å². The molecule has 36 heavy (non-hydrogen) atoms. The van der Waals surface area contributed by atoms with Gasteiger partial charge in [-0.05, 0) is 55.9 Å². The van der Waals surface area contributed by atoms with Gasteiger partial charge in [0.05, 0.1) is 6.54 Å². The number of piperazine rings is 1. The summed E-state index contributed by atoms with van der Waals surface area (Å²) in [5.41, 5.74) is 1.59. The summed E-state index contributed by atoms with van der Waals surface area (Å²) >= 11 is 0. The van der Waals surface area contributed by atoms with E-state index in [9.17, 15) is 18.8 Å². The third-order valence-corrected chi connectivity index (χ3v) is 8.70. The Morgan fingerprint density at radius 2 is 1.69 bits per heavy atom. The molecule has 8 nitrogen and oxygen atoms in total. The largest absolute Gasteiger partial charge is 0.369 e. The number of nitrogens with one attached hydrogen (secondary N) is 1. The molecule has 9 heteroatoms. The van der Waals surface area contributed by atoms with Crippen molar-refractivity contribution in [2.24, 2.45) is 5.92 Å². The van der Waals surface area contributed by atoms with Crippen molar-refractivity contribution >= 4 is 23.3 Å². The average Bonchev–Trinajstić information content (AvgIpc) is 3.30. The highest BCUT2D eigenvalue weighted by Crippen LogP contribution is 2.34. The van der Waals surface area contributed by atoms with Crippen LogP contribution >= 0.6 is 0 Å². The first-order valence-electron chi connectivity index (χ1n) is 13.5. The van der Waals surface area contributed by atoms with Gasteiger partial charge in [-0.25, -0.2) is 4.39 Å². The normalized spacial score (nSPS) is 30.0. The van der Waals surface area contributed by atoms with Gasteiger partial charge >= 0.3 is 0 Å². The molecule has 0 spiro atoms. The molecule has 1 aromatic carbocycles. The summed E-state index contributed by atoms with van der Waals surface area (Å²) in [7, 11) is 0. The second-order valence-electron chi connectivity index (χ2n) is 11.0. The lowest BCUT2D eigenvalue weighted by atomic mass is 9.95. The van der Waals surface area contributed by atoms with E-state index in [2.05, 4.69) is 15.1 Å². The molecule has 2 aliphatic carbocycles. The second kappa shape index (κ2) is 9.74. The van der Waals surface area contributed by atoms with Gasteiger partial charge in [0.25, 0.3) is 5.91 Å². The summed E-state index contributed by atoms with van der Waals surface area (Å²) in [6.07, 6.45) is 4.02. The minimum Gasteiger partial charge on any atom is -0.369 e. The lowest BCUT2D eigenvalue weighted by Gasteiger charge is -2.36. The summed E-state index contributed by atoms with van der Waals surface area (Å²) < 4.78 is 19.8. The standard InChI is InChI=1S/C27H35FN4O4/c28-21-15-32(24-22(33)16-36-25(21)24)27(35)23(17-3-1-2-4-17)29-26(34)18-5-7-19(8-6-18)30-11-13-31(14-12-30)20-9-10-20/h5-8,17,20-21,23-25H,1-4,9-16H2,(H,29,34)/t21-,23-,24+,25+/m0/s1. The zero-order valence-electron chi connectivity index (χ0n) is 20.6. The number of fused-ring (bicyclic) bond motifs is 1. The van der Waals surface area contributed by atoms with Crippen molar-refractivity contribution in [2.45, 2.75) is 68.9 Å². The van der Waals surface area contributed by atoms with Crippen LogP contribution in [0.5, 0.6) is 0 Å². The van der Waals surface area contributed by atoms with Gasteiger partial charge in [-0.2, -0.15) is 0 Å². The molecule has 3 saturated heterocycles. The second-order valence-corrected chi connectivity index (χ2v) is 11.0. The summed E-state index contributed by atoms with van der Waals surface area (Å²) in [5.74, 6) is -0.960. The predicted octanol–water partition coefficient (Wildman–Crippen LogP) is 1.78. The number of rotatable bonds is 6. The number of carbonyl (C=O) groups excluding carboxylic acids is 3. The zero-order valence-corrected chi connectivity index (χ0v) is 20.6. The van der Waals surface area contributed by atoms with E-state index in [-0.39, 0.29) is 36.7 Å². The Hall–Kier alpha value is -2.52. The van der Waals surface area contributed by atoms with E-state index in [1.165, 1.54) is 17.7 Å². The number of nitrogens with zero attached hydrogens (tertiary/aromatic N) is 3. The highest BCUT2D eigenvalue weighted by molar-refractivity contribution is 5.99. The van der Waals surface area contributed by atoms with Crippen LogP contribution in [-0.4, -0.2) is 97.1 Å². The molecule has 0 radical (unpaired) electrons. The Morgan fingerprint density at radius 3 is 2.36 bits per heavy atom. The maximum atomic E-state index is 14.5. The van der Waals surface area contributed by atoms with Crippen LogP contribution in [0.2, 0.25) is 0 Å². The van der Waals surface area contributed by atoms with E-state index < -0.39 is 24.4 Å². The van der Waals surface area contributed by atoms with Crippen LogP contribution in [0.3, 0.4) is 0 Å². The molecular weight excluding hydrogens is 463 g/mol. The minimum atomic E-state index is -1.39. The lowest BCUT2D eigenvalue weighted by Crippen LogP contribution is -2.54. The minimum absolute atomic E-state index is 0.0157. The lowest BCUT2D eigenvalue weighted by molar-refractivity contribution is -0.139. The number of benzene rings is 1. The SMILES string of the molecule is O=C(N[C@H](C(=O)N1C[C@H](F)[C@H]2OCC(=O)[C@H]21)C1CCCC1)c1ccc(N2CCN(C3CC3)CC2)cc1. The van der Waals surface area contributed by atoms with Crippen molar-refractivity contribution in [3.05, 3.63) is 29.8 Å². The van der Waals surface area contributed by atoms with Gasteiger partial charge in [0, 0.05) is 43.5 Å². The third-order valence-electron chi connectivity index (χ3n) is 8.70. The molecule has 5 aliphatic rings. The van der Waals surface area contributed by atoms with Gasteiger partial charge in [0.1, 0.15) is 31.0 Å². The number of halogens is 1. The number of likely N-dealkylation sites (tertiary alicyclic amines) is 1. The number of ketones is 1. The summed E-state index contributed by atoms with van der Waals surface area (Å²) in [6, 6.07) is 6.71. The smallest absolute Gasteiger partial charge is 0.251 e. The number of hydrogen-bond donors (Lipinski definition) is 1. The van der Waals surface area contributed by atoms with Crippen LogP contribution in [-0.2, 0) is 14.3 Å². The van der Waals surface area contributed by atoms with Gasteiger partial charge < -0.3 is 19.9 Å². The van der Waals surface area contributed by atoms with Crippen molar-refractivity contribution < 1.29 is 23.5 Å². The topological polar surface area (TPSA) is 82.2 Å². The van der Waals surface area contributed by atoms with Gasteiger partial charge in [0.2, 0.25) is 5.91 Å². The Morgan fingerprint density at radius 1 is 1.00 bits per heavy atom.